The molecule has 18 heavy (non-hydrogen) atoms. The van der Waals surface area contributed by atoms with E-state index in [0.717, 1.165) is 32.2 Å². The lowest BCUT2D eigenvalue weighted by Crippen LogP contribution is -1.72. The van der Waals surface area contributed by atoms with Crippen LogP contribution in [-0.2, 0) is 0 Å². The number of carbonyl (C=O) groups excluding carboxylic acids is 1. The molecule has 90 valence electrons. The zero-order chi connectivity index (χ0) is 12.5. The van der Waals surface area contributed by atoms with Crippen molar-refractivity contribution in [3.05, 3.63) is 40.1 Å². The third-order valence-corrected chi connectivity index (χ3v) is 4.41. The number of aldehydes is 1. The Hall–Kier alpha value is -1.59. The first-order valence-electron chi connectivity index (χ1n) is 5.42. The lowest BCUT2D eigenvalue weighted by atomic mass is 10.2. The van der Waals surface area contributed by atoms with Crippen LogP contribution < -0.4 is 0 Å². The fraction of sp³-hybridized carbons (Fsp3) is 0.0769. The third-order valence-electron chi connectivity index (χ3n) is 2.54. The molecule has 3 rings (SSSR count). The molecule has 2 heterocycles. The van der Waals surface area contributed by atoms with E-state index in [0.29, 0.717) is 0 Å². The molecule has 0 spiro atoms. The van der Waals surface area contributed by atoms with Gasteiger partial charge >= 0.3 is 0 Å². The minimum absolute atomic E-state index is 0.740. The van der Waals surface area contributed by atoms with Crippen LogP contribution in [0.5, 0.6) is 0 Å². The average molecular weight is 274 g/mol. The highest BCUT2D eigenvalue weighted by Gasteiger charge is 2.06. The van der Waals surface area contributed by atoms with Crippen molar-refractivity contribution in [2.24, 2.45) is 0 Å². The van der Waals surface area contributed by atoms with Gasteiger partial charge < -0.3 is 4.98 Å². The summed E-state index contributed by atoms with van der Waals surface area (Å²) in [5.41, 5.74) is 3.22. The number of fused-ring (bicyclic) bond motifs is 1. The summed E-state index contributed by atoms with van der Waals surface area (Å²) in [5, 5.41) is 2.82. The Labute approximate surface area is 112 Å². The molecule has 1 N–H and O–H groups in total. The Kier molecular flexibility index (Phi) is 2.93. The van der Waals surface area contributed by atoms with Gasteiger partial charge in [0.2, 0.25) is 0 Å². The van der Waals surface area contributed by atoms with Gasteiger partial charge in [-0.05, 0) is 30.7 Å². The van der Waals surface area contributed by atoms with E-state index in [9.17, 15) is 4.79 Å². The van der Waals surface area contributed by atoms with Crippen LogP contribution in [0.1, 0.15) is 15.2 Å². The lowest BCUT2D eigenvalue weighted by molar-refractivity contribution is 0.112. The molecule has 3 aromatic rings. The smallest absolute Gasteiger partial charge is 0.171 e. The number of nitrogens with zero attached hydrogens (tertiary/aromatic N) is 1. The summed E-state index contributed by atoms with van der Waals surface area (Å²) < 4.78 is 0. The van der Waals surface area contributed by atoms with Crippen LogP contribution in [0.2, 0.25) is 0 Å². The molecule has 0 fully saturated rings. The first-order valence-corrected chi connectivity index (χ1v) is 7.12. The topological polar surface area (TPSA) is 45.8 Å². The number of thiophene rings is 1. The van der Waals surface area contributed by atoms with Gasteiger partial charge in [0, 0.05) is 10.3 Å². The number of carbonyl (C=O) groups is 1. The fourth-order valence-electron chi connectivity index (χ4n) is 1.71. The van der Waals surface area contributed by atoms with Crippen LogP contribution in [0, 0.1) is 6.92 Å². The van der Waals surface area contributed by atoms with E-state index < -0.39 is 0 Å². The SMILES string of the molecule is Cc1ccc2nc(Sc3csc(C=O)c3)[nH]c2c1. The van der Waals surface area contributed by atoms with E-state index in [1.54, 1.807) is 11.8 Å². The predicted molar refractivity (Wildman–Crippen MR) is 74.7 cm³/mol. The van der Waals surface area contributed by atoms with Crippen LogP contribution in [0.4, 0.5) is 0 Å². The van der Waals surface area contributed by atoms with Gasteiger partial charge in [0.15, 0.2) is 11.4 Å². The standard InChI is InChI=1S/C13H10N2OS2/c1-8-2-3-11-12(4-8)15-13(14-11)18-10-5-9(6-16)17-7-10/h2-7H,1H3,(H,14,15). The summed E-state index contributed by atoms with van der Waals surface area (Å²) >= 11 is 2.99. The highest BCUT2D eigenvalue weighted by atomic mass is 32.2. The van der Waals surface area contributed by atoms with Crippen molar-refractivity contribution >= 4 is 40.4 Å². The van der Waals surface area contributed by atoms with Crippen LogP contribution in [0.15, 0.2) is 39.7 Å². The molecule has 0 radical (unpaired) electrons. The Morgan fingerprint density at radius 2 is 2.28 bits per heavy atom. The van der Waals surface area contributed by atoms with Gasteiger partial charge in [0.1, 0.15) is 0 Å². The summed E-state index contributed by atoms with van der Waals surface area (Å²) in [4.78, 5) is 20.2. The molecule has 1 aromatic carbocycles. The number of hydrogen-bond donors (Lipinski definition) is 1. The Balaban J connectivity index is 1.92. The van der Waals surface area contributed by atoms with Gasteiger partial charge in [-0.1, -0.05) is 17.8 Å². The molecule has 0 saturated heterocycles. The number of benzene rings is 1. The molecule has 3 nitrogen and oxygen atoms in total. The Morgan fingerprint density at radius 1 is 1.39 bits per heavy atom. The highest BCUT2D eigenvalue weighted by molar-refractivity contribution is 7.99. The van der Waals surface area contributed by atoms with Crippen LogP contribution >= 0.6 is 23.1 Å². The van der Waals surface area contributed by atoms with Gasteiger partial charge in [-0.2, -0.15) is 0 Å². The molecular weight excluding hydrogens is 264 g/mol. The average Bonchev–Trinajstić information content (AvgIpc) is 2.95. The molecular formula is C13H10N2OS2. The number of hydrogen-bond acceptors (Lipinski definition) is 4. The molecule has 5 heteroatoms. The van der Waals surface area contributed by atoms with Crippen molar-refractivity contribution in [1.82, 2.24) is 9.97 Å². The molecule has 0 aliphatic carbocycles. The van der Waals surface area contributed by atoms with Crippen molar-refractivity contribution in [2.45, 2.75) is 17.0 Å². The number of nitrogens with one attached hydrogen (secondary N) is 1. The van der Waals surface area contributed by atoms with Crippen LogP contribution in [0.3, 0.4) is 0 Å². The second-order valence-electron chi connectivity index (χ2n) is 3.97. The van der Waals surface area contributed by atoms with E-state index >= 15 is 0 Å². The maximum absolute atomic E-state index is 10.6. The van der Waals surface area contributed by atoms with Gasteiger partial charge in [0.05, 0.1) is 15.9 Å². The van der Waals surface area contributed by atoms with E-state index in [1.165, 1.54) is 16.9 Å². The number of aromatic nitrogens is 2. The van der Waals surface area contributed by atoms with E-state index in [4.69, 9.17) is 0 Å². The van der Waals surface area contributed by atoms with Crippen molar-refractivity contribution in [3.63, 3.8) is 0 Å². The third kappa shape index (κ3) is 2.19. The predicted octanol–water partition coefficient (Wildman–Crippen LogP) is 3.90. The molecule has 0 atom stereocenters. The molecule has 0 unspecified atom stereocenters. The van der Waals surface area contributed by atoms with Crippen molar-refractivity contribution < 1.29 is 4.79 Å². The largest absolute Gasteiger partial charge is 0.333 e. The minimum atomic E-state index is 0.740. The van der Waals surface area contributed by atoms with Gasteiger partial charge in [-0.25, -0.2) is 4.98 Å². The number of aromatic amines is 1. The van der Waals surface area contributed by atoms with Crippen molar-refractivity contribution in [2.75, 3.05) is 0 Å². The van der Waals surface area contributed by atoms with Crippen molar-refractivity contribution in [3.8, 4) is 0 Å². The number of aryl methyl sites for hydroxylation is 1. The summed E-state index contributed by atoms with van der Waals surface area (Å²) in [6, 6.07) is 8.01. The number of rotatable bonds is 3. The number of imidazole rings is 1. The fourth-order valence-corrected chi connectivity index (χ4v) is 3.41. The maximum Gasteiger partial charge on any atom is 0.171 e. The normalized spacial score (nSPS) is 10.9. The zero-order valence-corrected chi connectivity index (χ0v) is 11.3. The Morgan fingerprint density at radius 3 is 3.06 bits per heavy atom. The lowest BCUT2D eigenvalue weighted by Gasteiger charge is -1.90. The zero-order valence-electron chi connectivity index (χ0n) is 9.64. The summed E-state index contributed by atoms with van der Waals surface area (Å²) in [5.74, 6) is 0. The summed E-state index contributed by atoms with van der Waals surface area (Å²) in [6.07, 6.45) is 0.872. The first kappa shape index (κ1) is 11.5. The maximum atomic E-state index is 10.6. The molecule has 0 aliphatic heterocycles. The Bertz CT molecular complexity index is 715. The molecule has 2 aromatic heterocycles. The second kappa shape index (κ2) is 4.59. The molecule has 0 saturated carbocycles. The molecule has 0 bridgehead atoms. The quantitative estimate of drug-likeness (QED) is 0.737. The van der Waals surface area contributed by atoms with E-state index in [-0.39, 0.29) is 0 Å². The van der Waals surface area contributed by atoms with Gasteiger partial charge in [0.25, 0.3) is 0 Å². The van der Waals surface area contributed by atoms with Crippen LogP contribution in [0.25, 0.3) is 11.0 Å². The van der Waals surface area contributed by atoms with Gasteiger partial charge in [-0.15, -0.1) is 11.3 Å². The summed E-state index contributed by atoms with van der Waals surface area (Å²) in [7, 11) is 0. The second-order valence-corrected chi connectivity index (χ2v) is 5.97. The minimum Gasteiger partial charge on any atom is -0.333 e. The van der Waals surface area contributed by atoms with Gasteiger partial charge in [-0.3, -0.25) is 4.79 Å². The van der Waals surface area contributed by atoms with E-state index in [2.05, 4.69) is 23.0 Å². The van der Waals surface area contributed by atoms with Crippen molar-refractivity contribution in [1.29, 1.82) is 0 Å². The van der Waals surface area contributed by atoms with E-state index in [1.807, 2.05) is 23.6 Å². The first-order chi connectivity index (χ1) is 8.74. The molecule has 0 amide bonds. The van der Waals surface area contributed by atoms with Crippen LogP contribution in [-0.4, -0.2) is 16.3 Å². The monoisotopic (exact) mass is 274 g/mol. The molecule has 0 aliphatic rings. The summed E-state index contributed by atoms with van der Waals surface area (Å²) in [6.45, 7) is 2.06. The number of H-pyrrole nitrogens is 1. The highest BCUT2D eigenvalue weighted by Crippen LogP contribution is 2.30.